The first-order valence-corrected chi connectivity index (χ1v) is 8.94. The fourth-order valence-corrected chi connectivity index (χ4v) is 3.42. The maximum absolute atomic E-state index is 13.0. The maximum Gasteiger partial charge on any atom is 0.254 e. The Balaban J connectivity index is 1.83. The molecule has 0 atom stereocenters. The first-order chi connectivity index (χ1) is 11.8. The highest BCUT2D eigenvalue weighted by atomic mass is 32.1. The van der Waals surface area contributed by atoms with Gasteiger partial charge in [0.05, 0.1) is 0 Å². The van der Waals surface area contributed by atoms with E-state index in [9.17, 15) is 4.79 Å². The number of thiophene rings is 1. The summed E-state index contributed by atoms with van der Waals surface area (Å²) in [5, 5.41) is 2.07. The van der Waals surface area contributed by atoms with Crippen LogP contribution in [0.3, 0.4) is 0 Å². The van der Waals surface area contributed by atoms with Gasteiger partial charge in [-0.3, -0.25) is 9.78 Å². The molecule has 3 aromatic rings. The standard InChI is InChI=1S/C20H20N2OS/c1-2-22(15-16-9-11-21-12-10-16)20(23)19-8-4-3-6-17(19)14-18-7-5-13-24-18/h3-13H,2,14-15H2,1H3. The molecule has 0 unspecified atom stereocenters. The molecule has 3 nitrogen and oxygen atoms in total. The molecule has 0 saturated carbocycles. The van der Waals surface area contributed by atoms with Crippen molar-refractivity contribution in [2.24, 2.45) is 0 Å². The molecule has 0 N–H and O–H groups in total. The number of aromatic nitrogens is 1. The summed E-state index contributed by atoms with van der Waals surface area (Å²) in [5.74, 6) is 0.0847. The summed E-state index contributed by atoms with van der Waals surface area (Å²) in [4.78, 5) is 20.2. The summed E-state index contributed by atoms with van der Waals surface area (Å²) in [6.07, 6.45) is 4.32. The minimum Gasteiger partial charge on any atom is -0.335 e. The van der Waals surface area contributed by atoms with Crippen LogP contribution >= 0.6 is 11.3 Å². The Kier molecular flexibility index (Phi) is 5.39. The summed E-state index contributed by atoms with van der Waals surface area (Å²) in [6.45, 7) is 3.29. The number of pyridine rings is 1. The summed E-state index contributed by atoms with van der Waals surface area (Å²) < 4.78 is 0. The van der Waals surface area contributed by atoms with Crippen LogP contribution in [0.1, 0.15) is 33.3 Å². The number of hydrogen-bond donors (Lipinski definition) is 0. The zero-order chi connectivity index (χ0) is 16.8. The van der Waals surface area contributed by atoms with E-state index in [0.717, 1.165) is 23.1 Å². The van der Waals surface area contributed by atoms with Crippen molar-refractivity contribution in [2.45, 2.75) is 19.9 Å². The zero-order valence-electron chi connectivity index (χ0n) is 13.7. The molecule has 0 bridgehead atoms. The predicted octanol–water partition coefficient (Wildman–Crippen LogP) is 4.40. The minimum atomic E-state index is 0.0847. The van der Waals surface area contributed by atoms with Crippen molar-refractivity contribution in [3.8, 4) is 0 Å². The molecule has 1 amide bonds. The molecule has 0 aliphatic carbocycles. The van der Waals surface area contributed by atoms with Crippen molar-refractivity contribution in [1.29, 1.82) is 0 Å². The van der Waals surface area contributed by atoms with Crippen LogP contribution in [0.25, 0.3) is 0 Å². The summed E-state index contributed by atoms with van der Waals surface area (Å²) in [5.41, 5.74) is 2.97. The van der Waals surface area contributed by atoms with Gasteiger partial charge in [0.25, 0.3) is 5.91 Å². The fourth-order valence-electron chi connectivity index (χ4n) is 2.69. The van der Waals surface area contributed by atoms with Crippen molar-refractivity contribution < 1.29 is 4.79 Å². The van der Waals surface area contributed by atoms with Crippen LogP contribution in [0.5, 0.6) is 0 Å². The van der Waals surface area contributed by atoms with Crippen LogP contribution in [-0.2, 0) is 13.0 Å². The largest absolute Gasteiger partial charge is 0.335 e. The Hall–Kier alpha value is -2.46. The third-order valence-corrected chi connectivity index (χ3v) is 4.86. The molecule has 24 heavy (non-hydrogen) atoms. The van der Waals surface area contributed by atoms with E-state index in [1.165, 1.54) is 4.88 Å². The molecule has 2 heterocycles. The lowest BCUT2D eigenvalue weighted by molar-refractivity contribution is 0.0751. The van der Waals surface area contributed by atoms with Gasteiger partial charge in [-0.25, -0.2) is 0 Å². The van der Waals surface area contributed by atoms with Gasteiger partial charge in [-0.1, -0.05) is 24.3 Å². The van der Waals surface area contributed by atoms with E-state index < -0.39 is 0 Å². The number of carbonyl (C=O) groups is 1. The van der Waals surface area contributed by atoms with Gasteiger partial charge in [-0.15, -0.1) is 11.3 Å². The maximum atomic E-state index is 13.0. The Labute approximate surface area is 146 Å². The third-order valence-electron chi connectivity index (χ3n) is 3.98. The number of hydrogen-bond acceptors (Lipinski definition) is 3. The van der Waals surface area contributed by atoms with E-state index in [0.29, 0.717) is 13.1 Å². The van der Waals surface area contributed by atoms with Crippen molar-refractivity contribution in [3.63, 3.8) is 0 Å². The first kappa shape index (κ1) is 16.4. The van der Waals surface area contributed by atoms with E-state index in [-0.39, 0.29) is 5.91 Å². The van der Waals surface area contributed by atoms with Crippen LogP contribution in [0, 0.1) is 0 Å². The Bertz CT molecular complexity index is 784. The highest BCUT2D eigenvalue weighted by molar-refractivity contribution is 7.09. The van der Waals surface area contributed by atoms with Crippen molar-refractivity contribution in [1.82, 2.24) is 9.88 Å². The highest BCUT2D eigenvalue weighted by Gasteiger charge is 2.18. The molecule has 0 aliphatic rings. The van der Waals surface area contributed by atoms with Crippen LogP contribution < -0.4 is 0 Å². The Morgan fingerprint density at radius 1 is 1.08 bits per heavy atom. The van der Waals surface area contributed by atoms with Crippen molar-refractivity contribution >= 4 is 17.2 Å². The van der Waals surface area contributed by atoms with Gasteiger partial charge >= 0.3 is 0 Å². The van der Waals surface area contributed by atoms with Gasteiger partial charge in [0.15, 0.2) is 0 Å². The van der Waals surface area contributed by atoms with E-state index in [1.807, 2.05) is 54.3 Å². The molecule has 0 fully saturated rings. The number of amides is 1. The predicted molar refractivity (Wildman–Crippen MR) is 98.2 cm³/mol. The van der Waals surface area contributed by atoms with E-state index in [1.54, 1.807) is 23.7 Å². The minimum absolute atomic E-state index is 0.0847. The van der Waals surface area contributed by atoms with Crippen LogP contribution in [0.15, 0.2) is 66.3 Å². The van der Waals surface area contributed by atoms with Gasteiger partial charge in [-0.05, 0) is 47.7 Å². The van der Waals surface area contributed by atoms with Gasteiger partial charge in [0.2, 0.25) is 0 Å². The smallest absolute Gasteiger partial charge is 0.254 e. The Morgan fingerprint density at radius 2 is 1.88 bits per heavy atom. The molecule has 0 radical (unpaired) electrons. The average molecular weight is 336 g/mol. The topological polar surface area (TPSA) is 33.2 Å². The molecule has 122 valence electrons. The number of rotatable bonds is 6. The Morgan fingerprint density at radius 3 is 2.58 bits per heavy atom. The lowest BCUT2D eigenvalue weighted by Crippen LogP contribution is -2.31. The fraction of sp³-hybridized carbons (Fsp3) is 0.200. The first-order valence-electron chi connectivity index (χ1n) is 8.06. The molecule has 4 heteroatoms. The SMILES string of the molecule is CCN(Cc1ccncc1)C(=O)c1ccccc1Cc1cccs1. The average Bonchev–Trinajstić information content (AvgIpc) is 3.13. The quantitative estimate of drug-likeness (QED) is 0.668. The molecular formula is C20H20N2OS. The summed E-state index contributed by atoms with van der Waals surface area (Å²) >= 11 is 1.72. The molecule has 0 aliphatic heterocycles. The molecular weight excluding hydrogens is 316 g/mol. The lowest BCUT2D eigenvalue weighted by atomic mass is 10.0. The second-order valence-electron chi connectivity index (χ2n) is 5.59. The second-order valence-corrected chi connectivity index (χ2v) is 6.62. The number of nitrogens with zero attached hydrogens (tertiary/aromatic N) is 2. The van der Waals surface area contributed by atoms with Gasteiger partial charge < -0.3 is 4.90 Å². The number of benzene rings is 1. The van der Waals surface area contributed by atoms with E-state index in [2.05, 4.69) is 16.4 Å². The van der Waals surface area contributed by atoms with Gasteiger partial charge in [-0.2, -0.15) is 0 Å². The van der Waals surface area contributed by atoms with Gasteiger partial charge in [0.1, 0.15) is 0 Å². The summed E-state index contributed by atoms with van der Waals surface area (Å²) in [7, 11) is 0. The van der Waals surface area contributed by atoms with Crippen molar-refractivity contribution in [2.75, 3.05) is 6.54 Å². The lowest BCUT2D eigenvalue weighted by Gasteiger charge is -2.22. The van der Waals surface area contributed by atoms with Crippen molar-refractivity contribution in [3.05, 3.63) is 87.9 Å². The number of carbonyl (C=O) groups excluding carboxylic acids is 1. The normalized spacial score (nSPS) is 10.5. The highest BCUT2D eigenvalue weighted by Crippen LogP contribution is 2.20. The second kappa shape index (κ2) is 7.88. The summed E-state index contributed by atoms with van der Waals surface area (Å²) in [6, 6.07) is 16.0. The zero-order valence-corrected chi connectivity index (χ0v) is 14.5. The third kappa shape index (κ3) is 3.89. The van der Waals surface area contributed by atoms with Gasteiger partial charge in [0, 0.05) is 42.3 Å². The molecule has 2 aromatic heterocycles. The van der Waals surface area contributed by atoms with E-state index in [4.69, 9.17) is 0 Å². The monoisotopic (exact) mass is 336 g/mol. The van der Waals surface area contributed by atoms with Crippen LogP contribution in [-0.4, -0.2) is 22.3 Å². The molecule has 3 rings (SSSR count). The molecule has 0 saturated heterocycles. The molecule has 1 aromatic carbocycles. The van der Waals surface area contributed by atoms with E-state index >= 15 is 0 Å². The van der Waals surface area contributed by atoms with Crippen LogP contribution in [0.2, 0.25) is 0 Å². The molecule has 0 spiro atoms. The van der Waals surface area contributed by atoms with Crippen LogP contribution in [0.4, 0.5) is 0 Å².